The van der Waals surface area contributed by atoms with Gasteiger partial charge in [-0.3, -0.25) is 4.79 Å². The molecule has 2 aliphatic heterocycles. The van der Waals surface area contributed by atoms with Gasteiger partial charge >= 0.3 is 5.97 Å². The zero-order valence-corrected chi connectivity index (χ0v) is 22.1. The molecule has 6 aliphatic rings. The Morgan fingerprint density at radius 2 is 1.86 bits per heavy atom. The molecule has 3 saturated carbocycles. The van der Waals surface area contributed by atoms with Gasteiger partial charge in [-0.15, -0.1) is 0 Å². The Morgan fingerprint density at radius 3 is 2.53 bits per heavy atom. The van der Waals surface area contributed by atoms with Crippen molar-refractivity contribution in [2.45, 2.75) is 121 Å². The van der Waals surface area contributed by atoms with Crippen molar-refractivity contribution in [3.8, 4) is 0 Å². The predicted octanol–water partition coefficient (Wildman–Crippen LogP) is 3.14. The molecule has 198 valence electrons. The van der Waals surface area contributed by atoms with Crippen LogP contribution >= 0.6 is 0 Å². The van der Waals surface area contributed by atoms with Gasteiger partial charge in [-0.1, -0.05) is 18.6 Å². The van der Waals surface area contributed by atoms with Gasteiger partial charge < -0.3 is 24.8 Å². The summed E-state index contributed by atoms with van der Waals surface area (Å²) in [5.41, 5.74) is -5.49. The maximum Gasteiger partial charge on any atom is 0.334 e. The number of esters is 1. The van der Waals surface area contributed by atoms with Gasteiger partial charge in [0.1, 0.15) is 22.9 Å². The number of hydrogen-bond donors (Lipinski definition) is 3. The van der Waals surface area contributed by atoms with E-state index in [-0.39, 0.29) is 30.1 Å². The number of cyclic esters (lactones) is 1. The highest BCUT2D eigenvalue weighted by Gasteiger charge is 2.83. The van der Waals surface area contributed by atoms with Gasteiger partial charge in [0.05, 0.1) is 17.1 Å². The molecule has 7 heteroatoms. The lowest BCUT2D eigenvalue weighted by Gasteiger charge is -2.64. The Labute approximate surface area is 212 Å². The second-order valence-corrected chi connectivity index (χ2v) is 13.0. The first-order chi connectivity index (χ1) is 16.8. The summed E-state index contributed by atoms with van der Waals surface area (Å²) in [7, 11) is 0. The highest BCUT2D eigenvalue weighted by molar-refractivity contribution is 5.97. The molecule has 3 unspecified atom stereocenters. The number of hydrogen-bond acceptors (Lipinski definition) is 7. The summed E-state index contributed by atoms with van der Waals surface area (Å²) in [5, 5.41) is 37.2. The fourth-order valence-electron chi connectivity index (χ4n) is 9.87. The van der Waals surface area contributed by atoms with Gasteiger partial charge in [-0.2, -0.15) is 0 Å². The molecule has 2 heterocycles. The summed E-state index contributed by atoms with van der Waals surface area (Å²) in [4.78, 5) is 25.9. The molecule has 0 bridgehead atoms. The molecular formula is C29H40O7. The highest BCUT2D eigenvalue weighted by Crippen LogP contribution is 2.75. The molecule has 10 atom stereocenters. The number of rotatable bonds is 3. The Balaban J connectivity index is 1.41. The van der Waals surface area contributed by atoms with Gasteiger partial charge in [-0.25, -0.2) is 4.79 Å². The van der Waals surface area contributed by atoms with Crippen LogP contribution in [0.25, 0.3) is 0 Å². The van der Waals surface area contributed by atoms with Crippen LogP contribution in [-0.4, -0.2) is 61.7 Å². The van der Waals surface area contributed by atoms with Crippen molar-refractivity contribution < 1.29 is 34.4 Å². The second-order valence-electron chi connectivity index (χ2n) is 13.0. The lowest BCUT2D eigenvalue weighted by molar-refractivity contribution is -0.289. The van der Waals surface area contributed by atoms with Gasteiger partial charge in [0.15, 0.2) is 5.78 Å². The Hall–Kier alpha value is -1.54. The van der Waals surface area contributed by atoms with E-state index in [0.717, 1.165) is 12.0 Å². The first kappa shape index (κ1) is 24.8. The minimum atomic E-state index is -1.76. The number of epoxide rings is 1. The molecule has 4 fully saturated rings. The quantitative estimate of drug-likeness (QED) is 0.403. The molecule has 3 N–H and O–H groups in total. The smallest absolute Gasteiger partial charge is 0.334 e. The van der Waals surface area contributed by atoms with E-state index in [1.807, 2.05) is 26.8 Å². The Kier molecular flexibility index (Phi) is 4.89. The SMILES string of the molecule is CC[C@]12CCC3C(C[C@H]4O[C@]45CC=CC(=O)[C@]35C)[C@]1(O)CC[C@@]2(O)[C@@](C)(O)C1CC(C)=C(C)C(=O)O1. The standard InChI is InChI=1S/C29H40O7/c1-6-26-11-9-18-19(15-22-28(36-22)10-7-8-20(30)24(18,28)4)27(26,33)12-13-29(26,34)25(5,32)21-14-16(2)17(3)23(31)35-21/h7-8,18-19,21-22,32-34H,6,9-15H2,1-5H3/t18?,19?,21?,22-,24+,25+,26+,27-,28-,29-/m1/s1. The van der Waals surface area contributed by atoms with Crippen LogP contribution in [-0.2, 0) is 19.1 Å². The minimum absolute atomic E-state index is 0.0639. The van der Waals surface area contributed by atoms with Gasteiger partial charge in [0.25, 0.3) is 0 Å². The van der Waals surface area contributed by atoms with Crippen LogP contribution in [0.5, 0.6) is 0 Å². The van der Waals surface area contributed by atoms with Crippen molar-refractivity contribution in [3.05, 3.63) is 23.3 Å². The second kappa shape index (κ2) is 7.10. The van der Waals surface area contributed by atoms with Crippen molar-refractivity contribution in [3.63, 3.8) is 0 Å². The van der Waals surface area contributed by atoms with E-state index in [2.05, 4.69) is 0 Å². The van der Waals surface area contributed by atoms with Crippen LogP contribution in [0.4, 0.5) is 0 Å². The zero-order valence-electron chi connectivity index (χ0n) is 22.1. The zero-order chi connectivity index (χ0) is 26.1. The monoisotopic (exact) mass is 500 g/mol. The van der Waals surface area contributed by atoms with E-state index in [1.165, 1.54) is 0 Å². The van der Waals surface area contributed by atoms with E-state index in [4.69, 9.17) is 9.47 Å². The number of allylic oxidation sites excluding steroid dienone is 1. The van der Waals surface area contributed by atoms with E-state index >= 15 is 0 Å². The predicted molar refractivity (Wildman–Crippen MR) is 131 cm³/mol. The van der Waals surface area contributed by atoms with Crippen molar-refractivity contribution in [2.75, 3.05) is 0 Å². The number of aliphatic hydroxyl groups is 3. The van der Waals surface area contributed by atoms with Gasteiger partial charge in [0.2, 0.25) is 0 Å². The van der Waals surface area contributed by atoms with Crippen LogP contribution in [0.1, 0.15) is 86.0 Å². The fourth-order valence-corrected chi connectivity index (χ4v) is 9.87. The van der Waals surface area contributed by atoms with Crippen LogP contribution in [0.3, 0.4) is 0 Å². The van der Waals surface area contributed by atoms with Crippen molar-refractivity contribution in [1.29, 1.82) is 0 Å². The normalized spacial score (nSPS) is 53.1. The first-order valence-corrected chi connectivity index (χ1v) is 13.7. The Bertz CT molecular complexity index is 1110. The topological polar surface area (TPSA) is 117 Å². The lowest BCUT2D eigenvalue weighted by Crippen LogP contribution is -2.73. The number of ether oxygens (including phenoxy) is 2. The molecule has 0 aromatic carbocycles. The average Bonchev–Trinajstić information content (AvgIpc) is 3.48. The van der Waals surface area contributed by atoms with Crippen LogP contribution in [0.2, 0.25) is 0 Å². The summed E-state index contributed by atoms with van der Waals surface area (Å²) < 4.78 is 12.0. The van der Waals surface area contributed by atoms with Gasteiger partial charge in [-0.05, 0) is 90.6 Å². The van der Waals surface area contributed by atoms with E-state index in [1.54, 1.807) is 19.9 Å². The average molecular weight is 501 g/mol. The molecule has 1 saturated heterocycles. The van der Waals surface area contributed by atoms with Crippen LogP contribution in [0.15, 0.2) is 23.3 Å². The molecule has 0 aromatic heterocycles. The minimum Gasteiger partial charge on any atom is -0.455 e. The summed E-state index contributed by atoms with van der Waals surface area (Å²) in [6.45, 7) is 9.13. The molecule has 4 aliphatic carbocycles. The number of carbonyl (C=O) groups excluding carboxylic acids is 2. The fraction of sp³-hybridized carbons (Fsp3) is 0.793. The summed E-state index contributed by atoms with van der Waals surface area (Å²) >= 11 is 0. The third-order valence-electron chi connectivity index (χ3n) is 12.3. The first-order valence-electron chi connectivity index (χ1n) is 13.7. The molecule has 0 aromatic rings. The molecule has 6 rings (SSSR count). The van der Waals surface area contributed by atoms with Crippen molar-refractivity contribution in [1.82, 2.24) is 0 Å². The molecule has 0 amide bonds. The van der Waals surface area contributed by atoms with Crippen LogP contribution < -0.4 is 0 Å². The number of ketones is 1. The number of fused-ring (bicyclic) bond motifs is 4. The van der Waals surface area contributed by atoms with Crippen LogP contribution in [0, 0.1) is 22.7 Å². The maximum absolute atomic E-state index is 13.4. The summed E-state index contributed by atoms with van der Waals surface area (Å²) in [6, 6.07) is 0. The molecule has 1 spiro atoms. The van der Waals surface area contributed by atoms with Crippen molar-refractivity contribution in [2.24, 2.45) is 22.7 Å². The summed E-state index contributed by atoms with van der Waals surface area (Å²) in [5.74, 6) is -0.687. The van der Waals surface area contributed by atoms with E-state index < -0.39 is 45.3 Å². The molecule has 0 radical (unpaired) electrons. The molecular weight excluding hydrogens is 460 g/mol. The third-order valence-corrected chi connectivity index (χ3v) is 12.3. The third kappa shape index (κ3) is 2.45. The Morgan fingerprint density at radius 1 is 1.14 bits per heavy atom. The van der Waals surface area contributed by atoms with Crippen molar-refractivity contribution >= 4 is 11.8 Å². The highest BCUT2D eigenvalue weighted by atomic mass is 16.6. The number of carbonyl (C=O) groups is 2. The molecule has 7 nitrogen and oxygen atoms in total. The van der Waals surface area contributed by atoms with E-state index in [9.17, 15) is 24.9 Å². The van der Waals surface area contributed by atoms with Gasteiger partial charge in [0, 0.05) is 17.4 Å². The molecule has 36 heavy (non-hydrogen) atoms. The lowest BCUT2D eigenvalue weighted by atomic mass is 9.41. The largest absolute Gasteiger partial charge is 0.455 e. The maximum atomic E-state index is 13.4. The van der Waals surface area contributed by atoms with E-state index in [0.29, 0.717) is 44.1 Å². The summed E-state index contributed by atoms with van der Waals surface area (Å²) in [6.07, 6.45) is 6.46.